The molecule has 0 bridgehead atoms. The average Bonchev–Trinajstić information content (AvgIpc) is 2.38. The fourth-order valence-electron chi connectivity index (χ4n) is 1.76. The van der Waals surface area contributed by atoms with E-state index in [4.69, 9.17) is 20.1 Å². The van der Waals surface area contributed by atoms with Gasteiger partial charge in [-0.05, 0) is 39.3 Å². The molecule has 136 valence electrons. The van der Waals surface area contributed by atoms with Crippen LogP contribution in [0.25, 0.3) is 0 Å². The molecule has 0 spiro atoms. The van der Waals surface area contributed by atoms with E-state index in [9.17, 15) is 4.57 Å². The number of rotatable bonds is 13. The highest BCUT2D eigenvalue weighted by atomic mass is 31.2. The van der Waals surface area contributed by atoms with Crippen LogP contribution in [0.1, 0.15) is 57.8 Å². The maximum Gasteiger partial charge on any atom is 0.151 e. The molecule has 0 aromatic heterocycles. The van der Waals surface area contributed by atoms with E-state index >= 15 is 0 Å². The van der Waals surface area contributed by atoms with Gasteiger partial charge in [-0.15, -0.1) is 0 Å². The van der Waals surface area contributed by atoms with E-state index in [1.165, 1.54) is 32.1 Å². The SMILES string of the molecule is CP(C)(C)=O.OCCOCCCCCCCCCCC(O)O. The van der Waals surface area contributed by atoms with Crippen LogP contribution in [0.2, 0.25) is 0 Å². The molecule has 0 saturated heterocycles. The summed E-state index contributed by atoms with van der Waals surface area (Å²) >= 11 is 0. The van der Waals surface area contributed by atoms with E-state index in [1.807, 2.05) is 0 Å². The molecule has 0 aliphatic heterocycles. The number of unbranched alkanes of at least 4 members (excludes halogenated alkanes) is 7. The van der Waals surface area contributed by atoms with Crippen LogP contribution in [0.15, 0.2) is 0 Å². The van der Waals surface area contributed by atoms with Crippen LogP contribution in [-0.4, -0.2) is 61.4 Å². The summed E-state index contributed by atoms with van der Waals surface area (Å²) in [7, 11) is -1.64. The number of hydrogen-bond acceptors (Lipinski definition) is 5. The Bertz CT molecular complexity index is 245. The van der Waals surface area contributed by atoms with Gasteiger partial charge in [-0.25, -0.2) is 0 Å². The predicted octanol–water partition coefficient (Wildman–Crippen LogP) is 3.06. The van der Waals surface area contributed by atoms with Crippen LogP contribution in [0.5, 0.6) is 0 Å². The molecule has 0 unspecified atom stereocenters. The lowest BCUT2D eigenvalue weighted by Crippen LogP contribution is -2.02. The zero-order valence-corrected chi connectivity index (χ0v) is 15.6. The third-order valence-electron chi connectivity index (χ3n) is 2.74. The molecule has 0 aliphatic carbocycles. The zero-order valence-electron chi connectivity index (χ0n) is 14.7. The first-order chi connectivity index (χ1) is 10.3. The molecule has 22 heavy (non-hydrogen) atoms. The van der Waals surface area contributed by atoms with Crippen LogP contribution in [0.3, 0.4) is 0 Å². The third kappa shape index (κ3) is 36.9. The Labute approximate surface area is 136 Å². The van der Waals surface area contributed by atoms with Crippen molar-refractivity contribution in [1.82, 2.24) is 0 Å². The summed E-state index contributed by atoms with van der Waals surface area (Å²) in [4.78, 5) is 0. The summed E-state index contributed by atoms with van der Waals surface area (Å²) < 4.78 is 15.4. The number of hydrogen-bond donors (Lipinski definition) is 3. The van der Waals surface area contributed by atoms with Gasteiger partial charge in [-0.1, -0.05) is 38.5 Å². The Morgan fingerprint density at radius 3 is 1.64 bits per heavy atom. The normalized spacial score (nSPS) is 11.4. The minimum absolute atomic E-state index is 0.114. The summed E-state index contributed by atoms with van der Waals surface area (Å²) in [5, 5.41) is 25.8. The first kappa shape index (κ1) is 24.3. The standard InChI is InChI=1S/C13H28O4.C3H9OP/c14-10-12-17-11-8-6-4-2-1-3-5-7-9-13(15)16;1-5(2,3)4/h13-16H,1-12H2;1-3H3. The highest BCUT2D eigenvalue weighted by molar-refractivity contribution is 7.61. The minimum Gasteiger partial charge on any atom is -0.394 e. The largest absolute Gasteiger partial charge is 0.394 e. The van der Waals surface area contributed by atoms with Crippen LogP contribution >= 0.6 is 7.14 Å². The molecule has 0 rings (SSSR count). The first-order valence-corrected chi connectivity index (χ1v) is 11.4. The fourth-order valence-corrected chi connectivity index (χ4v) is 1.76. The van der Waals surface area contributed by atoms with E-state index in [0.29, 0.717) is 13.0 Å². The zero-order chi connectivity index (χ0) is 17.3. The van der Waals surface area contributed by atoms with Gasteiger partial charge in [0.25, 0.3) is 0 Å². The van der Waals surface area contributed by atoms with Crippen molar-refractivity contribution in [1.29, 1.82) is 0 Å². The van der Waals surface area contributed by atoms with Crippen LogP contribution < -0.4 is 0 Å². The first-order valence-electron chi connectivity index (χ1n) is 8.34. The van der Waals surface area contributed by atoms with Gasteiger partial charge in [0.2, 0.25) is 0 Å². The van der Waals surface area contributed by atoms with Crippen molar-refractivity contribution in [2.45, 2.75) is 64.1 Å². The van der Waals surface area contributed by atoms with Gasteiger partial charge in [-0.2, -0.15) is 0 Å². The van der Waals surface area contributed by atoms with Gasteiger partial charge in [0.05, 0.1) is 20.4 Å². The molecule has 0 heterocycles. The van der Waals surface area contributed by atoms with Crippen LogP contribution in [0, 0.1) is 0 Å². The predicted molar refractivity (Wildman–Crippen MR) is 93.1 cm³/mol. The molecule has 0 atom stereocenters. The quantitative estimate of drug-likeness (QED) is 0.272. The number of aliphatic hydroxyl groups excluding tert-OH is 2. The number of aliphatic hydroxyl groups is 3. The lowest BCUT2D eigenvalue weighted by atomic mass is 10.1. The van der Waals surface area contributed by atoms with Gasteiger partial charge >= 0.3 is 0 Å². The molecule has 0 aromatic rings. The summed E-state index contributed by atoms with van der Waals surface area (Å²) in [6, 6.07) is 0. The third-order valence-corrected chi connectivity index (χ3v) is 2.74. The molecular weight excluding hydrogens is 303 g/mol. The van der Waals surface area contributed by atoms with Crippen molar-refractivity contribution >= 4 is 7.14 Å². The van der Waals surface area contributed by atoms with Crippen LogP contribution in [0.4, 0.5) is 0 Å². The van der Waals surface area contributed by atoms with E-state index in [2.05, 4.69) is 0 Å². The smallest absolute Gasteiger partial charge is 0.151 e. The number of ether oxygens (including phenoxy) is 1. The van der Waals surface area contributed by atoms with Crippen molar-refractivity contribution in [3.05, 3.63) is 0 Å². The second-order valence-corrected chi connectivity index (χ2v) is 10.1. The van der Waals surface area contributed by atoms with Gasteiger partial charge in [0.1, 0.15) is 0 Å². The Kier molecular flexibility index (Phi) is 19.3. The maximum absolute atomic E-state index is 10.2. The fraction of sp³-hybridized carbons (Fsp3) is 1.00. The molecule has 0 aromatic carbocycles. The second-order valence-electron chi connectivity index (χ2n) is 6.32. The van der Waals surface area contributed by atoms with Gasteiger partial charge in [0, 0.05) is 6.61 Å². The Morgan fingerprint density at radius 1 is 0.818 bits per heavy atom. The molecule has 0 saturated carbocycles. The maximum atomic E-state index is 10.2. The van der Waals surface area contributed by atoms with Gasteiger partial charge in [-0.3, -0.25) is 0 Å². The Balaban J connectivity index is 0. The molecule has 0 amide bonds. The monoisotopic (exact) mass is 340 g/mol. The van der Waals surface area contributed by atoms with Gasteiger partial charge < -0.3 is 24.6 Å². The molecule has 6 heteroatoms. The lowest BCUT2D eigenvalue weighted by Gasteiger charge is -2.04. The molecular formula is C16H37O5P. The Hall–Kier alpha value is 0.0700. The Morgan fingerprint density at radius 2 is 1.23 bits per heavy atom. The second kappa shape index (κ2) is 17.4. The summed E-state index contributed by atoms with van der Waals surface area (Å²) in [5.41, 5.74) is 0. The molecule has 5 nitrogen and oxygen atoms in total. The molecule has 0 aliphatic rings. The topological polar surface area (TPSA) is 87.0 Å². The van der Waals surface area contributed by atoms with Crippen molar-refractivity contribution in [3.63, 3.8) is 0 Å². The average molecular weight is 340 g/mol. The molecule has 0 radical (unpaired) electrons. The summed E-state index contributed by atoms with van der Waals surface area (Å²) in [5.74, 6) is 0. The van der Waals surface area contributed by atoms with Gasteiger partial charge in [0.15, 0.2) is 6.29 Å². The molecule has 3 N–H and O–H groups in total. The summed E-state index contributed by atoms with van der Waals surface area (Å²) in [6.07, 6.45) is 8.57. The van der Waals surface area contributed by atoms with Crippen molar-refractivity contribution in [3.8, 4) is 0 Å². The van der Waals surface area contributed by atoms with Crippen molar-refractivity contribution in [2.24, 2.45) is 0 Å². The highest BCUT2D eigenvalue weighted by Gasteiger charge is 1.97. The summed E-state index contributed by atoms with van der Waals surface area (Å²) in [6.45, 7) is 6.56. The molecule has 0 fully saturated rings. The van der Waals surface area contributed by atoms with Crippen molar-refractivity contribution in [2.75, 3.05) is 39.8 Å². The van der Waals surface area contributed by atoms with E-state index in [-0.39, 0.29) is 6.61 Å². The van der Waals surface area contributed by atoms with E-state index < -0.39 is 13.4 Å². The minimum atomic E-state index is -1.64. The van der Waals surface area contributed by atoms with E-state index in [0.717, 1.165) is 25.9 Å². The van der Waals surface area contributed by atoms with Crippen molar-refractivity contribution < 1.29 is 24.6 Å². The highest BCUT2D eigenvalue weighted by Crippen LogP contribution is 2.28. The van der Waals surface area contributed by atoms with Crippen LogP contribution in [-0.2, 0) is 9.30 Å². The van der Waals surface area contributed by atoms with E-state index in [1.54, 1.807) is 20.0 Å². The lowest BCUT2D eigenvalue weighted by molar-refractivity contribution is -0.0466.